The van der Waals surface area contributed by atoms with Crippen molar-refractivity contribution in [3.05, 3.63) is 82.3 Å². The topological polar surface area (TPSA) is 121 Å². The summed E-state index contributed by atoms with van der Waals surface area (Å²) in [6.45, 7) is 6.60. The lowest BCUT2D eigenvalue weighted by Gasteiger charge is -2.22. The van der Waals surface area contributed by atoms with E-state index >= 15 is 0 Å². The number of para-hydroxylation sites is 1. The minimum absolute atomic E-state index is 0.0439. The van der Waals surface area contributed by atoms with Crippen molar-refractivity contribution in [2.45, 2.75) is 46.4 Å². The first-order valence-corrected chi connectivity index (χ1v) is 11.9. The zero-order valence-corrected chi connectivity index (χ0v) is 21.6. The summed E-state index contributed by atoms with van der Waals surface area (Å²) in [5.41, 5.74) is 1.64. The van der Waals surface area contributed by atoms with Gasteiger partial charge in [-0.3, -0.25) is 14.3 Å². The fourth-order valence-corrected chi connectivity index (χ4v) is 3.63. The molecule has 0 saturated carbocycles. The molecule has 0 fully saturated rings. The molecule has 2 aromatic carbocycles. The van der Waals surface area contributed by atoms with Gasteiger partial charge in [-0.25, -0.2) is 14.3 Å². The number of hydrogen-bond donors (Lipinski definition) is 2. The van der Waals surface area contributed by atoms with Gasteiger partial charge < -0.3 is 20.1 Å². The van der Waals surface area contributed by atoms with E-state index in [0.717, 1.165) is 5.56 Å². The van der Waals surface area contributed by atoms with Gasteiger partial charge in [0.15, 0.2) is 6.10 Å². The van der Waals surface area contributed by atoms with Gasteiger partial charge in [0.05, 0.1) is 11.4 Å². The molecule has 2 N–H and O–H groups in total. The predicted octanol–water partition coefficient (Wildman–Crippen LogP) is 3.31. The average molecular weight is 509 g/mol. The number of esters is 1. The van der Waals surface area contributed by atoms with Crippen molar-refractivity contribution in [1.29, 1.82) is 0 Å². The van der Waals surface area contributed by atoms with E-state index in [2.05, 4.69) is 10.6 Å². The molecule has 196 valence electrons. The van der Waals surface area contributed by atoms with Crippen LogP contribution in [0.4, 0.5) is 10.5 Å². The van der Waals surface area contributed by atoms with Gasteiger partial charge in [-0.1, -0.05) is 62.4 Å². The molecule has 0 aliphatic carbocycles. The number of nitrogens with one attached hydrogen (secondary N) is 2. The zero-order valence-electron chi connectivity index (χ0n) is 21.6. The van der Waals surface area contributed by atoms with E-state index in [1.165, 1.54) is 11.6 Å². The van der Waals surface area contributed by atoms with Crippen molar-refractivity contribution in [1.82, 2.24) is 14.7 Å². The summed E-state index contributed by atoms with van der Waals surface area (Å²) < 4.78 is 13.6. The molecule has 10 heteroatoms. The maximum absolute atomic E-state index is 13.0. The van der Waals surface area contributed by atoms with Gasteiger partial charge in [-0.15, -0.1) is 0 Å². The molecule has 37 heavy (non-hydrogen) atoms. The van der Waals surface area contributed by atoms with E-state index in [1.54, 1.807) is 56.8 Å². The highest BCUT2D eigenvalue weighted by molar-refractivity contribution is 5.96. The van der Waals surface area contributed by atoms with Crippen LogP contribution in [-0.2, 0) is 32.7 Å². The Bertz CT molecular complexity index is 1300. The van der Waals surface area contributed by atoms with Crippen LogP contribution in [0.3, 0.4) is 0 Å². The van der Waals surface area contributed by atoms with Gasteiger partial charge in [0, 0.05) is 7.05 Å². The van der Waals surface area contributed by atoms with Crippen molar-refractivity contribution in [3.8, 4) is 5.69 Å². The lowest BCUT2D eigenvalue weighted by Crippen LogP contribution is -2.47. The smallest absolute Gasteiger partial charge is 0.408 e. The number of alkyl carbamates (subject to hydrolysis) is 1. The van der Waals surface area contributed by atoms with Crippen LogP contribution in [-0.4, -0.2) is 39.5 Å². The minimum Gasteiger partial charge on any atom is -0.451 e. The van der Waals surface area contributed by atoms with E-state index < -0.39 is 35.7 Å². The van der Waals surface area contributed by atoms with Gasteiger partial charge in [0.2, 0.25) is 0 Å². The predicted molar refractivity (Wildman–Crippen MR) is 138 cm³/mol. The summed E-state index contributed by atoms with van der Waals surface area (Å²) in [5.74, 6) is -1.80. The molecule has 0 spiro atoms. The van der Waals surface area contributed by atoms with Crippen LogP contribution in [0.15, 0.2) is 65.5 Å². The first-order valence-electron chi connectivity index (χ1n) is 11.9. The second kappa shape index (κ2) is 12.1. The fraction of sp³-hybridized carbons (Fsp3) is 0.333. The van der Waals surface area contributed by atoms with Crippen molar-refractivity contribution < 1.29 is 23.9 Å². The van der Waals surface area contributed by atoms with Gasteiger partial charge in [0.25, 0.3) is 11.5 Å². The Hall–Kier alpha value is -4.34. The second-order valence-corrected chi connectivity index (χ2v) is 8.93. The summed E-state index contributed by atoms with van der Waals surface area (Å²) in [7, 11) is 1.71. The van der Waals surface area contributed by atoms with E-state index in [1.807, 2.05) is 36.4 Å². The maximum atomic E-state index is 13.0. The molecule has 0 saturated heterocycles. The number of carbonyl (C=O) groups is 3. The van der Waals surface area contributed by atoms with Gasteiger partial charge >= 0.3 is 12.1 Å². The number of anilines is 1. The summed E-state index contributed by atoms with van der Waals surface area (Å²) in [6.07, 6.45) is -2.00. The summed E-state index contributed by atoms with van der Waals surface area (Å²) in [6, 6.07) is 17.1. The Kier molecular flexibility index (Phi) is 8.89. The summed E-state index contributed by atoms with van der Waals surface area (Å²) in [4.78, 5) is 50.9. The minimum atomic E-state index is -1.22. The third-order valence-corrected chi connectivity index (χ3v) is 5.87. The summed E-state index contributed by atoms with van der Waals surface area (Å²) in [5, 5.41) is 5.08. The van der Waals surface area contributed by atoms with Crippen LogP contribution in [0.2, 0.25) is 0 Å². The molecule has 3 aromatic rings. The highest BCUT2D eigenvalue weighted by Gasteiger charge is 2.30. The lowest BCUT2D eigenvalue weighted by atomic mass is 10.1. The van der Waals surface area contributed by atoms with Crippen molar-refractivity contribution in [3.63, 3.8) is 0 Å². The maximum Gasteiger partial charge on any atom is 0.408 e. The Labute approximate surface area is 215 Å². The van der Waals surface area contributed by atoms with Crippen LogP contribution in [0, 0.1) is 12.8 Å². The van der Waals surface area contributed by atoms with Crippen molar-refractivity contribution in [2.75, 3.05) is 5.32 Å². The molecule has 0 aliphatic heterocycles. The Balaban J connectivity index is 1.63. The Morgan fingerprint density at radius 1 is 0.946 bits per heavy atom. The first-order chi connectivity index (χ1) is 17.6. The fourth-order valence-electron chi connectivity index (χ4n) is 3.63. The average Bonchev–Trinajstić information content (AvgIpc) is 3.09. The van der Waals surface area contributed by atoms with E-state index in [-0.39, 0.29) is 18.2 Å². The number of benzene rings is 2. The standard InChI is InChI=1S/C27H32N4O6/c1-17(2)22(29-27(35)36-16-20-12-8-6-9-13-20)26(34)37-19(4)24(32)28-23-18(3)30(5)31(25(23)33)21-14-10-7-11-15-21/h6-15,17,19,22H,16H2,1-5H3,(H,28,32)(H,29,35)/t19-,22+/m0/s1. The normalized spacial score (nSPS) is 12.5. The SMILES string of the molecule is Cc1c(NC(=O)[C@H](C)OC(=O)[C@H](NC(=O)OCc2ccccc2)C(C)C)c(=O)n(-c2ccccc2)n1C. The number of nitrogens with zero attached hydrogens (tertiary/aromatic N) is 2. The largest absolute Gasteiger partial charge is 0.451 e. The molecular weight excluding hydrogens is 476 g/mol. The quantitative estimate of drug-likeness (QED) is 0.428. The van der Waals surface area contributed by atoms with Crippen LogP contribution < -0.4 is 16.2 Å². The molecule has 0 aliphatic rings. The molecule has 2 amide bonds. The van der Waals surface area contributed by atoms with Crippen molar-refractivity contribution >= 4 is 23.7 Å². The molecule has 2 atom stereocenters. The zero-order chi connectivity index (χ0) is 27.1. The molecule has 0 bridgehead atoms. The van der Waals surface area contributed by atoms with Crippen LogP contribution in [0.25, 0.3) is 5.69 Å². The van der Waals surface area contributed by atoms with Gasteiger partial charge in [0.1, 0.15) is 18.3 Å². The number of ether oxygens (including phenoxy) is 2. The van der Waals surface area contributed by atoms with E-state index in [0.29, 0.717) is 11.4 Å². The third-order valence-electron chi connectivity index (χ3n) is 5.87. The highest BCUT2D eigenvalue weighted by atomic mass is 16.6. The number of rotatable bonds is 9. The molecule has 0 unspecified atom stereocenters. The molecule has 3 rings (SSSR count). The Morgan fingerprint density at radius 2 is 1.54 bits per heavy atom. The molecule has 10 nitrogen and oxygen atoms in total. The monoisotopic (exact) mass is 508 g/mol. The van der Waals surface area contributed by atoms with E-state index in [4.69, 9.17) is 9.47 Å². The number of carbonyl (C=O) groups excluding carboxylic acids is 3. The van der Waals surface area contributed by atoms with Crippen LogP contribution >= 0.6 is 0 Å². The molecule has 0 radical (unpaired) electrons. The Morgan fingerprint density at radius 3 is 2.14 bits per heavy atom. The third kappa shape index (κ3) is 6.66. The van der Waals surface area contributed by atoms with Gasteiger partial charge in [-0.05, 0) is 37.5 Å². The molecular formula is C27H32N4O6. The first kappa shape index (κ1) is 27.3. The highest BCUT2D eigenvalue weighted by Crippen LogP contribution is 2.15. The van der Waals surface area contributed by atoms with Crippen molar-refractivity contribution in [2.24, 2.45) is 13.0 Å². The van der Waals surface area contributed by atoms with Gasteiger partial charge in [-0.2, -0.15) is 0 Å². The summed E-state index contributed by atoms with van der Waals surface area (Å²) >= 11 is 0. The number of hydrogen-bond acceptors (Lipinski definition) is 6. The second-order valence-electron chi connectivity index (χ2n) is 8.93. The van der Waals surface area contributed by atoms with Crippen LogP contribution in [0.1, 0.15) is 32.0 Å². The number of amides is 2. The molecule has 1 heterocycles. The van der Waals surface area contributed by atoms with E-state index in [9.17, 15) is 19.2 Å². The molecule has 1 aromatic heterocycles. The number of aromatic nitrogens is 2. The lowest BCUT2D eigenvalue weighted by molar-refractivity contribution is -0.156. The van der Waals surface area contributed by atoms with Crippen LogP contribution in [0.5, 0.6) is 0 Å².